The summed E-state index contributed by atoms with van der Waals surface area (Å²) >= 11 is 0. The van der Waals surface area contributed by atoms with Gasteiger partial charge in [0.25, 0.3) is 0 Å². The second-order valence-corrected chi connectivity index (χ2v) is 11.4. The lowest BCUT2D eigenvalue weighted by Gasteiger charge is -2.31. The van der Waals surface area contributed by atoms with Crippen LogP contribution in [0.2, 0.25) is 0 Å². The number of ether oxygens (including phenoxy) is 7. The van der Waals surface area contributed by atoms with Gasteiger partial charge in [0.1, 0.15) is 51.7 Å². The van der Waals surface area contributed by atoms with Crippen LogP contribution in [-0.4, -0.2) is 99.1 Å². The van der Waals surface area contributed by atoms with E-state index in [1.165, 1.54) is 20.8 Å². The Bertz CT molecular complexity index is 1250. The highest BCUT2D eigenvalue weighted by Crippen LogP contribution is 2.26. The van der Waals surface area contributed by atoms with Crippen LogP contribution in [0, 0.1) is 10.8 Å². The summed E-state index contributed by atoms with van der Waals surface area (Å²) in [5, 5.41) is 8.60. The predicted octanol–water partition coefficient (Wildman–Crippen LogP) is 3.31. The average Bonchev–Trinajstić information content (AvgIpc) is 3.12. The van der Waals surface area contributed by atoms with E-state index in [-0.39, 0.29) is 36.5 Å². The molecule has 16 nitrogen and oxygen atoms in total. The summed E-state index contributed by atoms with van der Waals surface area (Å²) in [6, 6.07) is 0. The van der Waals surface area contributed by atoms with Gasteiger partial charge in [-0.25, -0.2) is 28.8 Å². The third kappa shape index (κ3) is 21.3. The Morgan fingerprint density at radius 3 is 1.04 bits per heavy atom. The van der Waals surface area contributed by atoms with Gasteiger partial charge in [-0.05, 0) is 27.2 Å². The summed E-state index contributed by atoms with van der Waals surface area (Å²) in [7, 11) is 0. The van der Waals surface area contributed by atoms with Gasteiger partial charge in [0.2, 0.25) is 0 Å². The van der Waals surface area contributed by atoms with Crippen molar-refractivity contribution in [3.63, 3.8) is 0 Å². The van der Waals surface area contributed by atoms with Crippen LogP contribution in [-0.2, 0) is 71.5 Å². The zero-order valence-corrected chi connectivity index (χ0v) is 30.1. The van der Waals surface area contributed by atoms with Gasteiger partial charge < -0.3 is 38.3 Å². The molecule has 0 fully saturated rings. The Hall–Kier alpha value is -5.80. The van der Waals surface area contributed by atoms with E-state index < -0.39 is 97.9 Å². The van der Waals surface area contributed by atoms with Crippen molar-refractivity contribution in [2.45, 2.75) is 47.0 Å². The summed E-state index contributed by atoms with van der Waals surface area (Å²) in [4.78, 5) is 91.4. The summed E-state index contributed by atoms with van der Waals surface area (Å²) < 4.78 is 35.4. The van der Waals surface area contributed by atoms with Gasteiger partial charge in [-0.15, -0.1) is 0 Å². The smallest absolute Gasteiger partial charge is 0.333 e. The molecule has 0 aromatic heterocycles. The van der Waals surface area contributed by atoms with Gasteiger partial charge in [0.05, 0.1) is 18.3 Å². The maximum absolute atomic E-state index is 11.7. The molecule has 1 N–H and O–H groups in total. The SMILES string of the molecule is C=C(C)C(=O)OCC(CC)(COC(=O)C(=C)C)COC(=O)C(=C)C.C=CC(=O)OCC(COC(=O)C=C)(COC(=O)C=C)COC(=O)CCC(=O)O. The molecule has 0 aromatic carbocycles. The minimum atomic E-state index is -1.45. The fourth-order valence-electron chi connectivity index (χ4n) is 3.07. The molecule has 0 heterocycles. The monoisotopic (exact) mass is 736 g/mol. The Morgan fingerprint density at radius 1 is 0.500 bits per heavy atom. The molecule has 0 amide bonds. The van der Waals surface area contributed by atoms with Crippen molar-refractivity contribution in [2.24, 2.45) is 10.8 Å². The normalized spacial score (nSPS) is 10.3. The molecular formula is C36H48O16. The van der Waals surface area contributed by atoms with Crippen LogP contribution in [0.1, 0.15) is 47.0 Å². The first kappa shape index (κ1) is 48.3. The summed E-state index contributed by atoms with van der Waals surface area (Å²) in [6.07, 6.45) is 2.24. The molecule has 0 saturated carbocycles. The average molecular weight is 737 g/mol. The molecule has 0 radical (unpaired) electrons. The highest BCUT2D eigenvalue weighted by molar-refractivity contribution is 5.88. The minimum absolute atomic E-state index is 0.0812. The highest BCUT2D eigenvalue weighted by Gasteiger charge is 2.38. The number of carbonyl (C=O) groups excluding carboxylic acids is 7. The number of carboxylic acids is 1. The van der Waals surface area contributed by atoms with Crippen molar-refractivity contribution in [3.8, 4) is 0 Å². The molecule has 0 spiro atoms. The van der Waals surface area contributed by atoms with E-state index in [0.29, 0.717) is 6.42 Å². The van der Waals surface area contributed by atoms with Gasteiger partial charge >= 0.3 is 47.8 Å². The van der Waals surface area contributed by atoms with Gasteiger partial charge in [0.15, 0.2) is 0 Å². The molecule has 0 atom stereocenters. The molecular weight excluding hydrogens is 688 g/mol. The molecule has 288 valence electrons. The fraction of sp³-hybridized carbons (Fsp3) is 0.444. The van der Waals surface area contributed by atoms with Crippen molar-refractivity contribution in [1.82, 2.24) is 0 Å². The molecule has 0 aromatic rings. The van der Waals surface area contributed by atoms with E-state index in [9.17, 15) is 38.4 Å². The van der Waals surface area contributed by atoms with Crippen molar-refractivity contribution in [2.75, 3.05) is 46.2 Å². The number of carbonyl (C=O) groups is 8. The quantitative estimate of drug-likeness (QED) is 0.0853. The zero-order chi connectivity index (χ0) is 40.5. The van der Waals surface area contributed by atoms with E-state index in [2.05, 4.69) is 39.5 Å². The lowest BCUT2D eigenvalue weighted by molar-refractivity contribution is -0.167. The maximum Gasteiger partial charge on any atom is 0.333 e. The standard InChI is InChI=1S/C18H22O10.C18H26O6/c1-4-14(21)25-9-18(10-26-15(22)5-2,11-27-16(23)6-3)12-28-17(24)8-7-13(19)20;1-8-18(9-22-15(19)12(2)3,10-23-16(20)13(4)5)11-24-17(21)14(6)7/h4-6H,1-3,7-12H2,(H,19,20);2,4,6,8-11H2,1,3,5,7H3. The van der Waals surface area contributed by atoms with E-state index in [1.54, 1.807) is 0 Å². The molecule has 16 heteroatoms. The zero-order valence-electron chi connectivity index (χ0n) is 30.1. The lowest BCUT2D eigenvalue weighted by Crippen LogP contribution is -2.43. The molecule has 52 heavy (non-hydrogen) atoms. The fourth-order valence-corrected chi connectivity index (χ4v) is 3.07. The van der Waals surface area contributed by atoms with Crippen molar-refractivity contribution in [1.29, 1.82) is 0 Å². The number of hydrogen-bond acceptors (Lipinski definition) is 15. The van der Waals surface area contributed by atoms with E-state index in [4.69, 9.17) is 38.3 Å². The van der Waals surface area contributed by atoms with Crippen molar-refractivity contribution < 1.29 is 76.6 Å². The van der Waals surface area contributed by atoms with Crippen LogP contribution in [0.15, 0.2) is 74.4 Å². The van der Waals surface area contributed by atoms with Gasteiger partial charge in [-0.1, -0.05) is 46.4 Å². The lowest BCUT2D eigenvalue weighted by atomic mass is 9.88. The van der Waals surface area contributed by atoms with Crippen LogP contribution in [0.3, 0.4) is 0 Å². The van der Waals surface area contributed by atoms with Crippen LogP contribution >= 0.6 is 0 Å². The molecule has 0 aliphatic carbocycles. The molecule has 0 bridgehead atoms. The predicted molar refractivity (Wildman–Crippen MR) is 184 cm³/mol. The van der Waals surface area contributed by atoms with Gasteiger partial charge in [-0.3, -0.25) is 9.59 Å². The van der Waals surface area contributed by atoms with Crippen molar-refractivity contribution in [3.05, 3.63) is 74.4 Å². The van der Waals surface area contributed by atoms with E-state index in [0.717, 1.165) is 18.2 Å². The second kappa shape index (κ2) is 25.2. The summed E-state index contributed by atoms with van der Waals surface area (Å²) in [5.41, 5.74) is -1.57. The van der Waals surface area contributed by atoms with E-state index in [1.807, 2.05) is 6.92 Å². The Kier molecular flexibility index (Phi) is 23.4. The molecule has 0 aliphatic heterocycles. The third-order valence-corrected chi connectivity index (χ3v) is 6.47. The second-order valence-electron chi connectivity index (χ2n) is 11.4. The van der Waals surface area contributed by atoms with Crippen molar-refractivity contribution >= 4 is 47.8 Å². The number of esters is 7. The Labute approximate surface area is 302 Å². The van der Waals surface area contributed by atoms with Gasteiger partial charge in [-0.2, -0.15) is 0 Å². The molecule has 0 aliphatic rings. The number of hydrogen-bond donors (Lipinski definition) is 1. The first-order chi connectivity index (χ1) is 24.2. The largest absolute Gasteiger partial charge is 0.481 e. The first-order valence-electron chi connectivity index (χ1n) is 15.5. The number of rotatable bonds is 24. The first-order valence-corrected chi connectivity index (χ1v) is 15.5. The van der Waals surface area contributed by atoms with Crippen LogP contribution in [0.5, 0.6) is 0 Å². The van der Waals surface area contributed by atoms with Crippen LogP contribution in [0.25, 0.3) is 0 Å². The number of carboxylic acid groups (broad SMARTS) is 1. The Balaban J connectivity index is 0. The van der Waals surface area contributed by atoms with Gasteiger partial charge in [0, 0.05) is 34.9 Å². The van der Waals surface area contributed by atoms with E-state index >= 15 is 0 Å². The topological polar surface area (TPSA) is 221 Å². The Morgan fingerprint density at radius 2 is 0.788 bits per heavy atom. The summed E-state index contributed by atoms with van der Waals surface area (Å²) in [5.74, 6) is -6.18. The minimum Gasteiger partial charge on any atom is -0.481 e. The molecule has 0 unspecified atom stereocenters. The third-order valence-electron chi connectivity index (χ3n) is 6.47. The van der Waals surface area contributed by atoms with Crippen LogP contribution < -0.4 is 0 Å². The number of aliphatic carboxylic acids is 1. The highest BCUT2D eigenvalue weighted by atomic mass is 16.6. The molecule has 0 saturated heterocycles. The maximum atomic E-state index is 11.7. The summed E-state index contributed by atoms with van der Waals surface area (Å²) in [6.45, 7) is 24.5. The van der Waals surface area contributed by atoms with Crippen LogP contribution in [0.4, 0.5) is 0 Å². The molecule has 0 rings (SSSR count).